The summed E-state index contributed by atoms with van der Waals surface area (Å²) in [4.78, 5) is 26.2. The van der Waals surface area contributed by atoms with Gasteiger partial charge in [0.05, 0.1) is 5.69 Å². The second-order valence-corrected chi connectivity index (χ2v) is 3.26. The monoisotopic (exact) mass is 231 g/mol. The highest BCUT2D eigenvalue weighted by Gasteiger charge is 2.08. The minimum absolute atomic E-state index is 0.274. The number of nitrogens with one attached hydrogen (secondary N) is 1. The molecule has 0 atom stereocenters. The van der Waals surface area contributed by atoms with E-state index in [1.54, 1.807) is 18.2 Å². The summed E-state index contributed by atoms with van der Waals surface area (Å²) >= 11 is 0. The van der Waals surface area contributed by atoms with Crippen LogP contribution >= 0.6 is 0 Å². The van der Waals surface area contributed by atoms with E-state index in [1.807, 2.05) is 0 Å². The zero-order valence-corrected chi connectivity index (χ0v) is 8.70. The summed E-state index contributed by atoms with van der Waals surface area (Å²) in [5, 5.41) is 11.2. The van der Waals surface area contributed by atoms with Crippen LogP contribution in [0.5, 0.6) is 0 Å². The maximum absolute atomic E-state index is 11.7. The van der Waals surface area contributed by atoms with E-state index in [2.05, 4.69) is 10.3 Å². The molecule has 2 heterocycles. The first-order valence-corrected chi connectivity index (χ1v) is 4.80. The van der Waals surface area contributed by atoms with Crippen molar-refractivity contribution in [2.24, 2.45) is 0 Å². The van der Waals surface area contributed by atoms with E-state index >= 15 is 0 Å². The van der Waals surface area contributed by atoms with Crippen LogP contribution in [-0.2, 0) is 0 Å². The van der Waals surface area contributed by atoms with Crippen molar-refractivity contribution < 1.29 is 14.7 Å². The minimum Gasteiger partial charge on any atom is -0.464 e. The Morgan fingerprint density at radius 1 is 1.29 bits per heavy atom. The highest BCUT2D eigenvalue weighted by Crippen LogP contribution is 2.09. The van der Waals surface area contributed by atoms with Crippen LogP contribution in [0, 0.1) is 0 Å². The third-order valence-electron chi connectivity index (χ3n) is 2.07. The number of carbonyl (C=O) groups excluding carboxylic acids is 1. The van der Waals surface area contributed by atoms with Gasteiger partial charge in [0, 0.05) is 18.6 Å². The van der Waals surface area contributed by atoms with Gasteiger partial charge in [-0.2, -0.15) is 0 Å². The molecule has 0 aliphatic carbocycles. The highest BCUT2D eigenvalue weighted by molar-refractivity contribution is 6.02. The Hall–Kier alpha value is -2.63. The Morgan fingerprint density at radius 3 is 2.71 bits per heavy atom. The summed E-state index contributed by atoms with van der Waals surface area (Å²) in [6.07, 6.45) is 3.06. The quantitative estimate of drug-likeness (QED) is 0.823. The predicted molar refractivity (Wildman–Crippen MR) is 60.0 cm³/mol. The first-order valence-electron chi connectivity index (χ1n) is 4.80. The topological polar surface area (TPSA) is 84.2 Å². The molecule has 0 bridgehead atoms. The molecule has 6 heteroatoms. The lowest BCUT2D eigenvalue weighted by Crippen LogP contribution is -2.13. The van der Waals surface area contributed by atoms with Crippen molar-refractivity contribution in [2.75, 3.05) is 5.32 Å². The van der Waals surface area contributed by atoms with Crippen LogP contribution in [0.3, 0.4) is 0 Å². The van der Waals surface area contributed by atoms with Crippen molar-refractivity contribution >= 4 is 17.7 Å². The summed E-state index contributed by atoms with van der Waals surface area (Å²) in [6, 6.07) is 6.47. The van der Waals surface area contributed by atoms with Gasteiger partial charge >= 0.3 is 6.09 Å². The molecule has 17 heavy (non-hydrogen) atoms. The van der Waals surface area contributed by atoms with Gasteiger partial charge < -0.3 is 10.4 Å². The zero-order valence-electron chi connectivity index (χ0n) is 8.70. The van der Waals surface area contributed by atoms with Crippen molar-refractivity contribution in [3.05, 3.63) is 48.5 Å². The molecule has 6 nitrogen and oxygen atoms in total. The summed E-state index contributed by atoms with van der Waals surface area (Å²) in [5.74, 6) is -0.381. The van der Waals surface area contributed by atoms with Crippen LogP contribution in [-0.4, -0.2) is 26.7 Å². The average molecular weight is 231 g/mol. The molecule has 2 aromatic rings. The number of hydrogen-bond acceptors (Lipinski definition) is 3. The summed E-state index contributed by atoms with van der Waals surface area (Å²) in [7, 11) is 0. The number of nitrogens with zero attached hydrogens (tertiary/aromatic N) is 2. The molecule has 0 unspecified atom stereocenters. The molecule has 1 amide bonds. The fourth-order valence-corrected chi connectivity index (χ4v) is 1.28. The second kappa shape index (κ2) is 4.48. The summed E-state index contributed by atoms with van der Waals surface area (Å²) < 4.78 is 0.952. The Bertz CT molecular complexity index is 548. The number of anilines is 1. The van der Waals surface area contributed by atoms with Gasteiger partial charge in [0.2, 0.25) is 0 Å². The molecule has 0 fully saturated rings. The number of rotatable bonds is 2. The molecule has 0 radical (unpaired) electrons. The molecule has 86 valence electrons. The molecular formula is C11H9N3O3. The van der Waals surface area contributed by atoms with Crippen LogP contribution in [0.1, 0.15) is 10.5 Å². The zero-order chi connectivity index (χ0) is 12.3. The molecule has 0 saturated heterocycles. The lowest BCUT2D eigenvalue weighted by Gasteiger charge is -2.00. The molecule has 2 N–H and O–H groups in total. The van der Waals surface area contributed by atoms with E-state index in [0.717, 1.165) is 4.57 Å². The van der Waals surface area contributed by atoms with Crippen molar-refractivity contribution in [1.29, 1.82) is 0 Å². The summed E-state index contributed by atoms with van der Waals surface area (Å²) in [6.45, 7) is 0. The van der Waals surface area contributed by atoms with Gasteiger partial charge in [-0.25, -0.2) is 4.79 Å². The molecule has 0 aromatic carbocycles. The van der Waals surface area contributed by atoms with Gasteiger partial charge in [-0.1, -0.05) is 6.07 Å². The molecule has 2 rings (SSSR count). The summed E-state index contributed by atoms with van der Waals surface area (Å²) in [5.41, 5.74) is 0.679. The van der Waals surface area contributed by atoms with Gasteiger partial charge in [-0.15, -0.1) is 0 Å². The largest absolute Gasteiger partial charge is 0.464 e. The van der Waals surface area contributed by atoms with Crippen molar-refractivity contribution in [3.63, 3.8) is 0 Å². The fourth-order valence-electron chi connectivity index (χ4n) is 1.28. The second-order valence-electron chi connectivity index (χ2n) is 3.26. The Labute approximate surface area is 96.5 Å². The van der Waals surface area contributed by atoms with E-state index in [9.17, 15) is 9.59 Å². The third kappa shape index (κ3) is 2.49. The number of hydrogen-bond donors (Lipinski definition) is 2. The van der Waals surface area contributed by atoms with Crippen LogP contribution < -0.4 is 5.32 Å². The fraction of sp³-hybridized carbons (Fsp3) is 0. The normalized spacial score (nSPS) is 9.88. The highest BCUT2D eigenvalue weighted by atomic mass is 16.4. The van der Waals surface area contributed by atoms with E-state index < -0.39 is 6.09 Å². The molecule has 0 aliphatic heterocycles. The van der Waals surface area contributed by atoms with Crippen molar-refractivity contribution in [3.8, 4) is 0 Å². The molecule has 0 spiro atoms. The number of pyridine rings is 1. The van der Waals surface area contributed by atoms with Crippen LogP contribution in [0.25, 0.3) is 0 Å². The minimum atomic E-state index is -1.11. The van der Waals surface area contributed by atoms with Crippen LogP contribution in [0.15, 0.2) is 42.9 Å². The molecule has 0 saturated carbocycles. The standard InChI is InChI=1S/C11H9N3O3/c15-10(9-3-1-2-5-12-9)13-8-4-6-14(7-8)11(16)17/h1-7H,(H,13,15)(H,16,17). The lowest BCUT2D eigenvalue weighted by atomic mass is 10.3. The Balaban J connectivity index is 2.11. The van der Waals surface area contributed by atoms with Gasteiger partial charge in [-0.05, 0) is 18.2 Å². The number of carboxylic acid groups (broad SMARTS) is 1. The number of aromatic nitrogens is 2. The molecule has 0 aliphatic rings. The van der Waals surface area contributed by atoms with Crippen molar-refractivity contribution in [1.82, 2.24) is 9.55 Å². The maximum atomic E-state index is 11.7. The predicted octanol–water partition coefficient (Wildman–Crippen LogP) is 1.66. The van der Waals surface area contributed by atoms with E-state index in [1.165, 1.54) is 24.7 Å². The smallest absolute Gasteiger partial charge is 0.415 e. The van der Waals surface area contributed by atoms with Crippen molar-refractivity contribution in [2.45, 2.75) is 0 Å². The van der Waals surface area contributed by atoms with E-state index in [-0.39, 0.29) is 11.6 Å². The Kier molecular flexibility index (Phi) is 2.87. The SMILES string of the molecule is O=C(Nc1ccn(C(=O)O)c1)c1ccccn1. The van der Waals surface area contributed by atoms with Gasteiger partial charge in [0.1, 0.15) is 5.69 Å². The van der Waals surface area contributed by atoms with E-state index in [4.69, 9.17) is 5.11 Å². The number of carbonyl (C=O) groups is 2. The third-order valence-corrected chi connectivity index (χ3v) is 2.07. The first-order chi connectivity index (χ1) is 8.16. The first kappa shape index (κ1) is 10.9. The maximum Gasteiger partial charge on any atom is 0.415 e. The average Bonchev–Trinajstić information content (AvgIpc) is 2.79. The molecular weight excluding hydrogens is 222 g/mol. The Morgan fingerprint density at radius 2 is 2.12 bits per heavy atom. The number of amides is 1. The lowest BCUT2D eigenvalue weighted by molar-refractivity contribution is 0.102. The van der Waals surface area contributed by atoms with Gasteiger partial charge in [0.25, 0.3) is 5.91 Å². The molecule has 2 aromatic heterocycles. The van der Waals surface area contributed by atoms with Crippen LogP contribution in [0.4, 0.5) is 10.5 Å². The van der Waals surface area contributed by atoms with Gasteiger partial charge in [-0.3, -0.25) is 14.3 Å². The van der Waals surface area contributed by atoms with E-state index in [0.29, 0.717) is 5.69 Å². The van der Waals surface area contributed by atoms with Crippen LogP contribution in [0.2, 0.25) is 0 Å². The van der Waals surface area contributed by atoms with Gasteiger partial charge in [0.15, 0.2) is 0 Å².